The first-order valence-electron chi connectivity index (χ1n) is 11.9. The van der Waals surface area contributed by atoms with Crippen LogP contribution in [0, 0.1) is 0 Å². The van der Waals surface area contributed by atoms with Crippen molar-refractivity contribution in [2.24, 2.45) is 0 Å². The SMILES string of the molecule is Cl.O=C(C(c1cccs1)N(C(=O)CCl)c1ccc(Oc2ccccc2)cc1)N1CCN2CCC[C@H]2C1. The highest BCUT2D eigenvalue weighted by atomic mass is 35.5. The third-order valence-corrected chi connectivity index (χ3v) is 7.83. The molecular weight excluding hydrogens is 517 g/mol. The molecule has 1 unspecified atom stereocenters. The topological polar surface area (TPSA) is 53.1 Å². The van der Waals surface area contributed by atoms with Crippen molar-refractivity contribution in [2.75, 3.05) is 37.0 Å². The van der Waals surface area contributed by atoms with E-state index in [0.29, 0.717) is 30.6 Å². The van der Waals surface area contributed by atoms with Crippen molar-refractivity contribution >= 4 is 52.8 Å². The zero-order valence-electron chi connectivity index (χ0n) is 19.8. The van der Waals surface area contributed by atoms with E-state index >= 15 is 0 Å². The maximum atomic E-state index is 14.0. The molecule has 2 aliphatic rings. The summed E-state index contributed by atoms with van der Waals surface area (Å²) in [5.41, 5.74) is 0.613. The highest BCUT2D eigenvalue weighted by Crippen LogP contribution is 2.35. The number of halogens is 2. The summed E-state index contributed by atoms with van der Waals surface area (Å²) >= 11 is 7.54. The minimum atomic E-state index is -0.755. The largest absolute Gasteiger partial charge is 0.457 e. The zero-order chi connectivity index (χ0) is 24.2. The van der Waals surface area contributed by atoms with Crippen LogP contribution in [0.3, 0.4) is 0 Å². The summed E-state index contributed by atoms with van der Waals surface area (Å²) in [4.78, 5) is 33.9. The van der Waals surface area contributed by atoms with Crippen LogP contribution in [0.2, 0.25) is 0 Å². The summed E-state index contributed by atoms with van der Waals surface area (Å²) in [5.74, 6) is 0.798. The van der Waals surface area contributed by atoms with E-state index in [4.69, 9.17) is 16.3 Å². The zero-order valence-corrected chi connectivity index (χ0v) is 22.2. The average Bonchev–Trinajstić information content (AvgIpc) is 3.59. The van der Waals surface area contributed by atoms with Crippen molar-refractivity contribution < 1.29 is 14.3 Å². The molecule has 36 heavy (non-hydrogen) atoms. The molecule has 3 aromatic rings. The number of anilines is 1. The van der Waals surface area contributed by atoms with E-state index in [0.717, 1.165) is 30.1 Å². The van der Waals surface area contributed by atoms with Gasteiger partial charge in [-0.05, 0) is 67.2 Å². The van der Waals surface area contributed by atoms with Gasteiger partial charge in [-0.25, -0.2) is 0 Å². The summed E-state index contributed by atoms with van der Waals surface area (Å²) in [6, 6.07) is 20.2. The van der Waals surface area contributed by atoms with Crippen molar-refractivity contribution in [3.8, 4) is 11.5 Å². The van der Waals surface area contributed by atoms with Gasteiger partial charge in [0.2, 0.25) is 5.91 Å². The molecule has 0 aliphatic carbocycles. The highest BCUT2D eigenvalue weighted by Gasteiger charge is 2.39. The molecule has 2 saturated heterocycles. The van der Waals surface area contributed by atoms with Crippen LogP contribution < -0.4 is 9.64 Å². The van der Waals surface area contributed by atoms with Gasteiger partial charge in [0, 0.05) is 36.2 Å². The molecule has 2 fully saturated rings. The van der Waals surface area contributed by atoms with E-state index in [2.05, 4.69) is 4.90 Å². The smallest absolute Gasteiger partial charge is 0.251 e. The number of benzene rings is 2. The van der Waals surface area contributed by atoms with Crippen LogP contribution in [0.25, 0.3) is 0 Å². The Morgan fingerprint density at radius 3 is 2.44 bits per heavy atom. The third-order valence-electron chi connectivity index (χ3n) is 6.68. The van der Waals surface area contributed by atoms with E-state index < -0.39 is 6.04 Å². The lowest BCUT2D eigenvalue weighted by Gasteiger charge is -2.40. The van der Waals surface area contributed by atoms with Crippen LogP contribution >= 0.6 is 35.3 Å². The van der Waals surface area contributed by atoms with E-state index in [9.17, 15) is 9.59 Å². The number of carbonyl (C=O) groups excluding carboxylic acids is 2. The summed E-state index contributed by atoms with van der Waals surface area (Å²) < 4.78 is 5.91. The highest BCUT2D eigenvalue weighted by molar-refractivity contribution is 7.10. The van der Waals surface area contributed by atoms with Gasteiger partial charge in [0.05, 0.1) is 0 Å². The Morgan fingerprint density at radius 1 is 1.00 bits per heavy atom. The number of fused-ring (bicyclic) bond motifs is 1. The molecule has 0 radical (unpaired) electrons. The number of ether oxygens (including phenoxy) is 1. The van der Waals surface area contributed by atoms with Crippen LogP contribution in [0.1, 0.15) is 23.8 Å². The Morgan fingerprint density at radius 2 is 1.75 bits per heavy atom. The number of thiophene rings is 1. The van der Waals surface area contributed by atoms with Crippen LogP contribution in [-0.4, -0.2) is 59.7 Å². The Labute approximate surface area is 226 Å². The van der Waals surface area contributed by atoms with Crippen molar-refractivity contribution in [1.82, 2.24) is 9.80 Å². The van der Waals surface area contributed by atoms with Crippen molar-refractivity contribution in [3.63, 3.8) is 0 Å². The Bertz CT molecular complexity index is 1140. The summed E-state index contributed by atoms with van der Waals surface area (Å²) in [6.45, 7) is 3.36. The van der Waals surface area contributed by atoms with E-state index in [1.165, 1.54) is 17.8 Å². The maximum absolute atomic E-state index is 14.0. The molecule has 1 aromatic heterocycles. The lowest BCUT2D eigenvalue weighted by atomic mass is 10.1. The number of amides is 2. The number of alkyl halides is 1. The van der Waals surface area contributed by atoms with Crippen molar-refractivity contribution in [1.29, 1.82) is 0 Å². The predicted octanol–water partition coefficient (Wildman–Crippen LogP) is 5.58. The molecule has 0 saturated carbocycles. The van der Waals surface area contributed by atoms with Gasteiger partial charge in [0.25, 0.3) is 5.91 Å². The predicted molar refractivity (Wildman–Crippen MR) is 147 cm³/mol. The molecule has 190 valence electrons. The van der Waals surface area contributed by atoms with Gasteiger partial charge >= 0.3 is 0 Å². The number of hydrogen-bond acceptors (Lipinski definition) is 5. The molecule has 2 atom stereocenters. The second-order valence-corrected chi connectivity index (χ2v) is 10.1. The normalized spacial score (nSPS) is 18.1. The fourth-order valence-corrected chi connectivity index (χ4v) is 5.91. The minimum Gasteiger partial charge on any atom is -0.457 e. The number of rotatable bonds is 7. The summed E-state index contributed by atoms with van der Waals surface area (Å²) in [6.07, 6.45) is 2.29. The maximum Gasteiger partial charge on any atom is 0.251 e. The van der Waals surface area contributed by atoms with E-state index in [1.807, 2.05) is 77.0 Å². The lowest BCUT2D eigenvalue weighted by Crippen LogP contribution is -2.55. The van der Waals surface area contributed by atoms with Crippen molar-refractivity contribution in [3.05, 3.63) is 77.0 Å². The number of para-hydroxylation sites is 1. The average molecular weight is 547 g/mol. The lowest BCUT2D eigenvalue weighted by molar-refractivity contribution is -0.136. The number of hydrogen-bond donors (Lipinski definition) is 0. The fourth-order valence-electron chi connectivity index (χ4n) is 4.97. The van der Waals surface area contributed by atoms with E-state index in [-0.39, 0.29) is 30.1 Å². The molecule has 5 rings (SSSR count). The second kappa shape index (κ2) is 12.1. The van der Waals surface area contributed by atoms with Crippen molar-refractivity contribution in [2.45, 2.75) is 24.9 Å². The molecule has 0 bridgehead atoms. The Kier molecular flexibility index (Phi) is 8.90. The first-order chi connectivity index (χ1) is 17.1. The molecule has 6 nitrogen and oxygen atoms in total. The van der Waals surface area contributed by atoms with Gasteiger partial charge in [-0.15, -0.1) is 35.3 Å². The molecule has 2 aromatic carbocycles. The molecule has 9 heteroatoms. The van der Waals surface area contributed by atoms with Gasteiger partial charge in [0.15, 0.2) is 0 Å². The van der Waals surface area contributed by atoms with Gasteiger partial charge in [-0.2, -0.15) is 0 Å². The molecule has 0 spiro atoms. The summed E-state index contributed by atoms with van der Waals surface area (Å²) in [5, 5.41) is 1.94. The Balaban J connectivity index is 0.00000304. The number of carbonyl (C=O) groups is 2. The fraction of sp³-hybridized carbons (Fsp3) is 0.333. The molecule has 3 heterocycles. The molecular formula is C27H29Cl2N3O3S. The molecule has 2 aliphatic heterocycles. The third kappa shape index (κ3) is 5.70. The van der Waals surface area contributed by atoms with Crippen LogP contribution in [0.15, 0.2) is 72.1 Å². The van der Waals surface area contributed by atoms with Crippen LogP contribution in [0.5, 0.6) is 11.5 Å². The standard InChI is InChI=1S/C27H28ClN3O3S.ClH/c28-18-25(32)31(20-10-12-23(13-11-20)34-22-7-2-1-3-8-22)26(24-9-5-17-35-24)27(33)30-16-15-29-14-4-6-21(29)19-30;/h1-3,5,7-13,17,21,26H,4,6,14-16,18-19H2;1H/t21-,26?;/m0./s1. The van der Waals surface area contributed by atoms with E-state index in [1.54, 1.807) is 4.90 Å². The van der Waals surface area contributed by atoms with Gasteiger partial charge in [0.1, 0.15) is 23.4 Å². The Hall–Kier alpha value is -2.58. The van der Waals surface area contributed by atoms with Crippen LogP contribution in [-0.2, 0) is 9.59 Å². The monoisotopic (exact) mass is 545 g/mol. The summed E-state index contributed by atoms with van der Waals surface area (Å²) in [7, 11) is 0. The molecule has 2 amide bonds. The second-order valence-electron chi connectivity index (χ2n) is 8.84. The number of nitrogens with zero attached hydrogens (tertiary/aromatic N) is 3. The number of piperazine rings is 1. The van der Waals surface area contributed by atoms with Gasteiger partial charge in [-0.3, -0.25) is 19.4 Å². The molecule has 0 N–H and O–H groups in total. The van der Waals surface area contributed by atoms with Gasteiger partial charge < -0.3 is 9.64 Å². The quantitative estimate of drug-likeness (QED) is 0.363. The minimum absolute atomic E-state index is 0. The first-order valence-corrected chi connectivity index (χ1v) is 13.3. The van der Waals surface area contributed by atoms with Gasteiger partial charge in [-0.1, -0.05) is 24.3 Å². The van der Waals surface area contributed by atoms with Crippen LogP contribution in [0.4, 0.5) is 5.69 Å². The first kappa shape index (κ1) is 26.5.